The Morgan fingerprint density at radius 2 is 1.71 bits per heavy atom. The Balaban J connectivity index is 1.74. The number of fused-ring (bicyclic) bond motifs is 1. The molecule has 3 aromatic rings. The van der Waals surface area contributed by atoms with Crippen LogP contribution in [0.1, 0.15) is 21.6 Å². The summed E-state index contributed by atoms with van der Waals surface area (Å²) in [5.74, 6) is -1.10. The zero-order chi connectivity index (χ0) is 19.8. The Morgan fingerprint density at radius 3 is 2.39 bits per heavy atom. The molecule has 0 atom stereocenters. The summed E-state index contributed by atoms with van der Waals surface area (Å²) >= 11 is 0. The fraction of sp³-hybridized carbons (Fsp3) is 0.190. The van der Waals surface area contributed by atoms with Crippen LogP contribution >= 0.6 is 0 Å². The van der Waals surface area contributed by atoms with E-state index in [1.165, 1.54) is 17.0 Å². The number of hydrogen-bond donors (Lipinski definition) is 1. The number of nitrogens with zero attached hydrogens (tertiary/aromatic N) is 3. The van der Waals surface area contributed by atoms with Crippen molar-refractivity contribution in [2.45, 2.75) is 20.0 Å². The Hall–Kier alpha value is -3.48. The van der Waals surface area contributed by atoms with Crippen molar-refractivity contribution < 1.29 is 14.3 Å². The molecule has 1 aromatic heterocycles. The van der Waals surface area contributed by atoms with Gasteiger partial charge in [0.1, 0.15) is 11.6 Å². The quantitative estimate of drug-likeness (QED) is 0.759. The van der Waals surface area contributed by atoms with Crippen LogP contribution in [0.3, 0.4) is 0 Å². The molecule has 0 fully saturated rings. The molecule has 0 saturated carbocycles. The largest absolute Gasteiger partial charge is 0.501 e. The van der Waals surface area contributed by atoms with Gasteiger partial charge < -0.3 is 14.6 Å². The number of hydrogen-bond acceptors (Lipinski definition) is 4. The van der Waals surface area contributed by atoms with E-state index in [0.717, 1.165) is 11.1 Å². The SMILES string of the molecule is Cc1ccc(-c2nc(=O)c(O)c3n2CCN(Cc2ccc(F)cc2)C3=O)cc1. The first kappa shape index (κ1) is 17.9. The maximum absolute atomic E-state index is 13.1. The Morgan fingerprint density at radius 1 is 1.04 bits per heavy atom. The van der Waals surface area contributed by atoms with Gasteiger partial charge in [0.2, 0.25) is 5.75 Å². The average Bonchev–Trinajstić information content (AvgIpc) is 2.69. The van der Waals surface area contributed by atoms with E-state index in [1.807, 2.05) is 31.2 Å². The van der Waals surface area contributed by atoms with Gasteiger partial charge >= 0.3 is 5.56 Å². The van der Waals surface area contributed by atoms with Crippen LogP contribution in [0.4, 0.5) is 4.39 Å². The topological polar surface area (TPSA) is 75.4 Å². The van der Waals surface area contributed by atoms with Crippen molar-refractivity contribution in [2.24, 2.45) is 0 Å². The van der Waals surface area contributed by atoms with Crippen LogP contribution in [0.15, 0.2) is 53.3 Å². The lowest BCUT2D eigenvalue weighted by Crippen LogP contribution is -2.42. The van der Waals surface area contributed by atoms with E-state index in [1.54, 1.807) is 16.7 Å². The summed E-state index contributed by atoms with van der Waals surface area (Å²) in [7, 11) is 0. The van der Waals surface area contributed by atoms with Crippen molar-refractivity contribution in [3.63, 3.8) is 0 Å². The molecule has 2 heterocycles. The monoisotopic (exact) mass is 379 g/mol. The highest BCUT2D eigenvalue weighted by molar-refractivity contribution is 5.96. The Kier molecular flexibility index (Phi) is 4.43. The highest BCUT2D eigenvalue weighted by Gasteiger charge is 2.31. The number of aromatic nitrogens is 2. The van der Waals surface area contributed by atoms with E-state index >= 15 is 0 Å². The molecule has 0 bridgehead atoms. The molecule has 7 heteroatoms. The second-order valence-corrected chi connectivity index (χ2v) is 6.81. The third-order valence-electron chi connectivity index (χ3n) is 4.84. The van der Waals surface area contributed by atoms with Crippen molar-refractivity contribution in [2.75, 3.05) is 6.54 Å². The summed E-state index contributed by atoms with van der Waals surface area (Å²) in [6.07, 6.45) is 0. The number of carbonyl (C=O) groups is 1. The van der Waals surface area contributed by atoms with Crippen molar-refractivity contribution in [1.29, 1.82) is 0 Å². The van der Waals surface area contributed by atoms with Crippen LogP contribution in [0, 0.1) is 12.7 Å². The first-order valence-electron chi connectivity index (χ1n) is 8.88. The van der Waals surface area contributed by atoms with Crippen LogP contribution in [0.5, 0.6) is 5.75 Å². The third-order valence-corrected chi connectivity index (χ3v) is 4.84. The van der Waals surface area contributed by atoms with Crippen molar-refractivity contribution in [3.05, 3.63) is 81.5 Å². The second kappa shape index (κ2) is 6.92. The van der Waals surface area contributed by atoms with E-state index in [0.29, 0.717) is 24.5 Å². The lowest BCUT2D eigenvalue weighted by molar-refractivity contribution is 0.0683. The summed E-state index contributed by atoms with van der Waals surface area (Å²) < 4.78 is 14.7. The number of benzene rings is 2. The van der Waals surface area contributed by atoms with Crippen molar-refractivity contribution >= 4 is 5.91 Å². The van der Waals surface area contributed by atoms with Gasteiger partial charge in [-0.05, 0) is 24.6 Å². The molecule has 1 aliphatic heterocycles. The van der Waals surface area contributed by atoms with Gasteiger partial charge in [0.15, 0.2) is 5.69 Å². The number of aromatic hydroxyl groups is 1. The van der Waals surface area contributed by atoms with E-state index in [4.69, 9.17) is 0 Å². The molecule has 0 saturated heterocycles. The highest BCUT2D eigenvalue weighted by atomic mass is 19.1. The number of rotatable bonds is 3. The smallest absolute Gasteiger partial charge is 0.316 e. The molecule has 6 nitrogen and oxygen atoms in total. The molecule has 0 radical (unpaired) electrons. The molecule has 1 aliphatic rings. The lowest BCUT2D eigenvalue weighted by Gasteiger charge is -2.31. The maximum Gasteiger partial charge on any atom is 0.316 e. The summed E-state index contributed by atoms with van der Waals surface area (Å²) in [6.45, 7) is 2.97. The summed E-state index contributed by atoms with van der Waals surface area (Å²) in [6, 6.07) is 13.3. The van der Waals surface area contributed by atoms with Crippen LogP contribution in [0.2, 0.25) is 0 Å². The van der Waals surface area contributed by atoms with Gasteiger partial charge in [0.25, 0.3) is 5.91 Å². The lowest BCUT2D eigenvalue weighted by atomic mass is 10.1. The predicted molar refractivity (Wildman–Crippen MR) is 101 cm³/mol. The maximum atomic E-state index is 13.1. The first-order valence-corrected chi connectivity index (χ1v) is 8.88. The fourth-order valence-corrected chi connectivity index (χ4v) is 3.34. The molecule has 28 heavy (non-hydrogen) atoms. The number of amides is 1. The van der Waals surface area contributed by atoms with Gasteiger partial charge in [-0.3, -0.25) is 9.59 Å². The van der Waals surface area contributed by atoms with E-state index in [-0.39, 0.29) is 18.1 Å². The summed E-state index contributed by atoms with van der Waals surface area (Å²) in [4.78, 5) is 30.7. The molecular weight excluding hydrogens is 361 g/mol. The molecule has 142 valence electrons. The van der Waals surface area contributed by atoms with E-state index in [9.17, 15) is 19.1 Å². The number of carbonyl (C=O) groups excluding carboxylic acids is 1. The zero-order valence-electron chi connectivity index (χ0n) is 15.2. The molecule has 1 amide bonds. The van der Waals surface area contributed by atoms with Crippen LogP contribution < -0.4 is 5.56 Å². The standard InChI is InChI=1S/C21H18FN3O3/c1-13-2-6-15(7-3-13)19-23-20(27)18(26)17-21(28)24(10-11-25(17)19)12-14-4-8-16(22)9-5-14/h2-9,26H,10-12H2,1H3. The molecule has 0 unspecified atom stereocenters. The molecule has 0 spiro atoms. The van der Waals surface area contributed by atoms with Gasteiger partial charge in [-0.15, -0.1) is 0 Å². The van der Waals surface area contributed by atoms with Crippen LogP contribution in [-0.2, 0) is 13.1 Å². The van der Waals surface area contributed by atoms with Gasteiger partial charge in [-0.1, -0.05) is 42.0 Å². The third kappa shape index (κ3) is 3.15. The Bertz CT molecular complexity index is 1110. The predicted octanol–water partition coefficient (Wildman–Crippen LogP) is 2.72. The second-order valence-electron chi connectivity index (χ2n) is 6.81. The van der Waals surface area contributed by atoms with E-state index < -0.39 is 17.2 Å². The van der Waals surface area contributed by atoms with E-state index in [2.05, 4.69) is 4.98 Å². The normalized spacial score (nSPS) is 13.5. The van der Waals surface area contributed by atoms with Crippen molar-refractivity contribution in [1.82, 2.24) is 14.5 Å². The summed E-state index contributed by atoms with van der Waals surface area (Å²) in [5.41, 5.74) is 1.62. The van der Waals surface area contributed by atoms with Gasteiger partial charge in [0, 0.05) is 25.2 Å². The number of halogens is 1. The molecule has 4 rings (SSSR count). The molecule has 1 N–H and O–H groups in total. The Labute approximate surface area is 160 Å². The minimum Gasteiger partial charge on any atom is -0.501 e. The molecule has 0 aliphatic carbocycles. The zero-order valence-corrected chi connectivity index (χ0v) is 15.2. The molecular formula is C21H18FN3O3. The van der Waals surface area contributed by atoms with Gasteiger partial charge in [-0.2, -0.15) is 4.98 Å². The summed E-state index contributed by atoms with van der Waals surface area (Å²) in [5, 5.41) is 10.3. The highest BCUT2D eigenvalue weighted by Crippen LogP contribution is 2.26. The van der Waals surface area contributed by atoms with Gasteiger partial charge in [-0.25, -0.2) is 4.39 Å². The minimum absolute atomic E-state index is 0.0658. The van der Waals surface area contributed by atoms with Crippen molar-refractivity contribution in [3.8, 4) is 17.1 Å². The van der Waals surface area contributed by atoms with Crippen LogP contribution in [-0.4, -0.2) is 32.0 Å². The number of aryl methyl sites for hydroxylation is 1. The van der Waals surface area contributed by atoms with Crippen LogP contribution in [0.25, 0.3) is 11.4 Å². The fourth-order valence-electron chi connectivity index (χ4n) is 3.34. The van der Waals surface area contributed by atoms with Gasteiger partial charge in [0.05, 0.1) is 0 Å². The first-order chi connectivity index (χ1) is 13.4. The minimum atomic E-state index is -0.834. The average molecular weight is 379 g/mol. The molecule has 2 aromatic carbocycles.